The fraction of sp³-hybridized carbons (Fsp3) is 0.667. The molecule has 94 valence electrons. The van der Waals surface area contributed by atoms with Crippen molar-refractivity contribution in [1.82, 2.24) is 4.98 Å². The van der Waals surface area contributed by atoms with Gasteiger partial charge in [-0.1, -0.05) is 19.9 Å². The summed E-state index contributed by atoms with van der Waals surface area (Å²) in [5.41, 5.74) is 0.659. The van der Waals surface area contributed by atoms with Crippen molar-refractivity contribution in [3.63, 3.8) is 0 Å². The fourth-order valence-corrected chi connectivity index (χ4v) is 2.90. The largest absolute Gasteiger partial charge is 0.390 e. The molecule has 0 spiro atoms. The van der Waals surface area contributed by atoms with E-state index in [-0.39, 0.29) is 0 Å². The summed E-state index contributed by atoms with van der Waals surface area (Å²) >= 11 is 0. The van der Waals surface area contributed by atoms with Crippen LogP contribution in [0.1, 0.15) is 45.1 Å². The molecule has 0 bridgehead atoms. The SMILES string of the molecule is CC(C)C1CCC(O)(Cc2cccnc2)CC1. The van der Waals surface area contributed by atoms with Crippen molar-refractivity contribution in [3.05, 3.63) is 30.1 Å². The maximum atomic E-state index is 10.6. The number of aliphatic hydroxyl groups is 1. The van der Waals surface area contributed by atoms with Crippen LogP contribution < -0.4 is 0 Å². The number of pyridine rings is 1. The Morgan fingerprint density at radius 2 is 2.12 bits per heavy atom. The first-order valence-corrected chi connectivity index (χ1v) is 6.70. The van der Waals surface area contributed by atoms with Crippen molar-refractivity contribution in [2.45, 2.75) is 51.6 Å². The van der Waals surface area contributed by atoms with E-state index in [1.54, 1.807) is 6.20 Å². The molecule has 1 aromatic rings. The molecule has 0 unspecified atom stereocenters. The molecule has 1 aliphatic rings. The van der Waals surface area contributed by atoms with Crippen molar-refractivity contribution in [1.29, 1.82) is 0 Å². The van der Waals surface area contributed by atoms with Crippen molar-refractivity contribution >= 4 is 0 Å². The molecule has 0 atom stereocenters. The smallest absolute Gasteiger partial charge is 0.0688 e. The number of rotatable bonds is 3. The lowest BCUT2D eigenvalue weighted by atomic mass is 9.73. The van der Waals surface area contributed by atoms with E-state index in [1.807, 2.05) is 12.3 Å². The van der Waals surface area contributed by atoms with Crippen LogP contribution in [0.2, 0.25) is 0 Å². The van der Waals surface area contributed by atoms with Gasteiger partial charge in [0.1, 0.15) is 0 Å². The van der Waals surface area contributed by atoms with Gasteiger partial charge >= 0.3 is 0 Å². The third-order valence-corrected chi connectivity index (χ3v) is 4.16. The average molecular weight is 233 g/mol. The molecule has 1 aliphatic carbocycles. The van der Waals surface area contributed by atoms with Gasteiger partial charge in [-0.2, -0.15) is 0 Å². The molecular weight excluding hydrogens is 210 g/mol. The van der Waals surface area contributed by atoms with E-state index in [2.05, 4.69) is 24.9 Å². The summed E-state index contributed by atoms with van der Waals surface area (Å²) in [6.45, 7) is 4.58. The zero-order chi connectivity index (χ0) is 12.3. The second-order valence-electron chi connectivity index (χ2n) is 5.84. The standard InChI is InChI=1S/C15H23NO/c1-12(2)14-5-7-15(17,8-6-14)10-13-4-3-9-16-11-13/h3-4,9,11-12,14,17H,5-8,10H2,1-2H3. The van der Waals surface area contributed by atoms with Crippen LogP contribution in [-0.2, 0) is 6.42 Å². The normalized spacial score (nSPS) is 29.5. The Balaban J connectivity index is 1.94. The molecule has 0 aromatic carbocycles. The van der Waals surface area contributed by atoms with Gasteiger partial charge in [0.25, 0.3) is 0 Å². The van der Waals surface area contributed by atoms with E-state index < -0.39 is 5.60 Å². The van der Waals surface area contributed by atoms with Gasteiger partial charge in [0.2, 0.25) is 0 Å². The Bertz CT molecular complexity index is 339. The lowest BCUT2D eigenvalue weighted by molar-refractivity contribution is -0.0146. The zero-order valence-electron chi connectivity index (χ0n) is 10.9. The number of hydrogen-bond donors (Lipinski definition) is 1. The summed E-state index contributed by atoms with van der Waals surface area (Å²) in [5, 5.41) is 10.6. The highest BCUT2D eigenvalue weighted by Gasteiger charge is 2.34. The summed E-state index contributed by atoms with van der Waals surface area (Å²) in [6, 6.07) is 4.00. The molecule has 1 aromatic heterocycles. The Morgan fingerprint density at radius 1 is 1.41 bits per heavy atom. The molecular formula is C15H23NO. The molecule has 2 rings (SSSR count). The van der Waals surface area contributed by atoms with Gasteiger partial charge < -0.3 is 5.11 Å². The van der Waals surface area contributed by atoms with Crippen LogP contribution in [0.3, 0.4) is 0 Å². The number of hydrogen-bond acceptors (Lipinski definition) is 2. The Labute approximate surface area is 104 Å². The van der Waals surface area contributed by atoms with Crippen molar-refractivity contribution in [2.75, 3.05) is 0 Å². The predicted molar refractivity (Wildman–Crippen MR) is 69.7 cm³/mol. The van der Waals surface area contributed by atoms with Crippen LogP contribution in [0, 0.1) is 11.8 Å². The minimum absolute atomic E-state index is 0.492. The maximum Gasteiger partial charge on any atom is 0.0688 e. The van der Waals surface area contributed by atoms with Crippen molar-refractivity contribution in [2.24, 2.45) is 11.8 Å². The highest BCUT2D eigenvalue weighted by Crippen LogP contribution is 2.37. The zero-order valence-corrected chi connectivity index (χ0v) is 10.9. The molecule has 0 amide bonds. The fourth-order valence-electron chi connectivity index (χ4n) is 2.90. The summed E-state index contributed by atoms with van der Waals surface area (Å²) in [4.78, 5) is 4.11. The second kappa shape index (κ2) is 5.18. The minimum Gasteiger partial charge on any atom is -0.390 e. The summed E-state index contributed by atoms with van der Waals surface area (Å²) in [6.07, 6.45) is 8.60. The molecule has 0 radical (unpaired) electrons. The monoisotopic (exact) mass is 233 g/mol. The van der Waals surface area contributed by atoms with Crippen LogP contribution >= 0.6 is 0 Å². The van der Waals surface area contributed by atoms with Crippen LogP contribution in [0.5, 0.6) is 0 Å². The molecule has 1 fully saturated rings. The van der Waals surface area contributed by atoms with E-state index in [1.165, 1.54) is 0 Å². The first-order valence-electron chi connectivity index (χ1n) is 6.70. The first-order chi connectivity index (χ1) is 8.09. The van der Waals surface area contributed by atoms with Crippen LogP contribution in [0.4, 0.5) is 0 Å². The number of nitrogens with zero attached hydrogens (tertiary/aromatic N) is 1. The van der Waals surface area contributed by atoms with Gasteiger partial charge in [-0.15, -0.1) is 0 Å². The summed E-state index contributed by atoms with van der Waals surface area (Å²) in [7, 11) is 0. The molecule has 17 heavy (non-hydrogen) atoms. The van der Waals surface area contributed by atoms with Crippen LogP contribution in [0.25, 0.3) is 0 Å². The van der Waals surface area contributed by atoms with Gasteiger partial charge in [-0.25, -0.2) is 0 Å². The highest BCUT2D eigenvalue weighted by molar-refractivity contribution is 5.12. The Morgan fingerprint density at radius 3 is 2.65 bits per heavy atom. The van der Waals surface area contributed by atoms with E-state index >= 15 is 0 Å². The summed E-state index contributed by atoms with van der Waals surface area (Å²) in [5.74, 6) is 1.54. The Kier molecular flexibility index (Phi) is 3.82. The van der Waals surface area contributed by atoms with Gasteiger partial charge in [0.15, 0.2) is 0 Å². The lowest BCUT2D eigenvalue weighted by Gasteiger charge is -2.37. The van der Waals surface area contributed by atoms with E-state index in [9.17, 15) is 5.11 Å². The topological polar surface area (TPSA) is 33.1 Å². The maximum absolute atomic E-state index is 10.6. The molecule has 1 N–H and O–H groups in total. The van der Waals surface area contributed by atoms with E-state index in [0.717, 1.165) is 49.5 Å². The van der Waals surface area contributed by atoms with E-state index in [4.69, 9.17) is 0 Å². The van der Waals surface area contributed by atoms with Gasteiger partial charge in [-0.05, 0) is 49.1 Å². The number of aromatic nitrogens is 1. The van der Waals surface area contributed by atoms with Crippen molar-refractivity contribution < 1.29 is 5.11 Å². The van der Waals surface area contributed by atoms with Gasteiger partial charge in [0.05, 0.1) is 5.60 Å². The van der Waals surface area contributed by atoms with Gasteiger partial charge in [-0.3, -0.25) is 4.98 Å². The van der Waals surface area contributed by atoms with E-state index in [0.29, 0.717) is 0 Å². The molecule has 1 saturated carbocycles. The highest BCUT2D eigenvalue weighted by atomic mass is 16.3. The second-order valence-corrected chi connectivity index (χ2v) is 5.84. The average Bonchev–Trinajstić information content (AvgIpc) is 2.30. The molecule has 2 nitrogen and oxygen atoms in total. The summed E-state index contributed by atoms with van der Waals surface area (Å²) < 4.78 is 0. The van der Waals surface area contributed by atoms with Crippen LogP contribution in [-0.4, -0.2) is 15.7 Å². The third kappa shape index (κ3) is 3.29. The molecule has 0 aliphatic heterocycles. The van der Waals surface area contributed by atoms with Crippen LogP contribution in [0.15, 0.2) is 24.5 Å². The third-order valence-electron chi connectivity index (χ3n) is 4.16. The van der Waals surface area contributed by atoms with Gasteiger partial charge in [0, 0.05) is 18.8 Å². The van der Waals surface area contributed by atoms with Crippen molar-refractivity contribution in [3.8, 4) is 0 Å². The quantitative estimate of drug-likeness (QED) is 0.869. The Hall–Kier alpha value is -0.890. The molecule has 0 saturated heterocycles. The molecule has 2 heteroatoms. The first kappa shape index (κ1) is 12.6. The predicted octanol–water partition coefficient (Wildman–Crippen LogP) is 3.20. The molecule has 1 heterocycles. The lowest BCUT2D eigenvalue weighted by Crippen LogP contribution is -2.37. The minimum atomic E-state index is -0.492.